The molecule has 4 nitrogen and oxygen atoms in total. The third-order valence-corrected chi connectivity index (χ3v) is 2.76. The fraction of sp³-hybridized carbons (Fsp3) is 0.286. The number of carbonyl (C=O) groups excluding carboxylic acids is 1. The molecular weight excluding hydrogens is 249 g/mol. The van der Waals surface area contributed by atoms with E-state index in [-0.39, 0.29) is 11.1 Å². The van der Waals surface area contributed by atoms with Crippen LogP contribution in [0.4, 0.5) is 4.39 Å². The van der Waals surface area contributed by atoms with Crippen LogP contribution in [0.1, 0.15) is 30.3 Å². The van der Waals surface area contributed by atoms with Crippen molar-refractivity contribution in [2.24, 2.45) is 0 Å². The van der Waals surface area contributed by atoms with Gasteiger partial charge in [0, 0.05) is 6.54 Å². The first kappa shape index (κ1) is 13.3. The van der Waals surface area contributed by atoms with Gasteiger partial charge in [0.15, 0.2) is 5.76 Å². The number of benzene rings is 1. The predicted molar refractivity (Wildman–Crippen MR) is 69.7 cm³/mol. The average molecular weight is 263 g/mol. The highest BCUT2D eigenvalue weighted by Crippen LogP contribution is 2.13. The second kappa shape index (κ2) is 5.65. The lowest BCUT2D eigenvalue weighted by Gasteiger charge is -2.04. The first-order valence-corrected chi connectivity index (χ1v) is 6.13. The van der Waals surface area contributed by atoms with Crippen molar-refractivity contribution < 1.29 is 13.6 Å². The van der Waals surface area contributed by atoms with Crippen molar-refractivity contribution in [2.45, 2.75) is 19.8 Å². The largest absolute Gasteiger partial charge is 0.417 e. The molecule has 0 saturated carbocycles. The topological polar surface area (TPSA) is 59.3 Å². The molecule has 0 aliphatic heterocycles. The van der Waals surface area contributed by atoms with Crippen LogP contribution in [0.3, 0.4) is 0 Å². The van der Waals surface area contributed by atoms with Crippen molar-refractivity contribution in [3.63, 3.8) is 0 Å². The number of unbranched alkanes of at least 4 members (excludes halogenated alkanes) is 1. The van der Waals surface area contributed by atoms with Crippen LogP contribution < -0.4 is 10.9 Å². The Morgan fingerprint density at radius 3 is 2.89 bits per heavy atom. The summed E-state index contributed by atoms with van der Waals surface area (Å²) in [5.41, 5.74) is -0.641. The highest BCUT2D eigenvalue weighted by Gasteiger charge is 2.11. The van der Waals surface area contributed by atoms with Gasteiger partial charge in [-0.1, -0.05) is 13.3 Å². The summed E-state index contributed by atoms with van der Waals surface area (Å²) in [7, 11) is 0. The minimum atomic E-state index is -0.641. The summed E-state index contributed by atoms with van der Waals surface area (Å²) in [5, 5.41) is 3.26. The molecule has 2 rings (SSSR count). The molecule has 0 aliphatic rings. The van der Waals surface area contributed by atoms with E-state index in [1.165, 1.54) is 24.3 Å². The van der Waals surface area contributed by atoms with E-state index in [2.05, 4.69) is 5.32 Å². The first-order chi connectivity index (χ1) is 9.11. The van der Waals surface area contributed by atoms with Gasteiger partial charge in [-0.3, -0.25) is 4.79 Å². The Morgan fingerprint density at radius 2 is 2.16 bits per heavy atom. The normalized spacial score (nSPS) is 10.6. The summed E-state index contributed by atoms with van der Waals surface area (Å²) < 4.78 is 18.0. The maximum Gasteiger partial charge on any atom is 0.344 e. The number of halogens is 1. The molecule has 1 N–H and O–H groups in total. The summed E-state index contributed by atoms with van der Waals surface area (Å²) in [4.78, 5) is 23.4. The molecule has 1 aromatic carbocycles. The van der Waals surface area contributed by atoms with E-state index in [1.807, 2.05) is 6.92 Å². The van der Waals surface area contributed by atoms with Crippen LogP contribution in [0, 0.1) is 5.82 Å². The number of carbonyl (C=O) groups is 1. The third-order valence-electron chi connectivity index (χ3n) is 2.76. The summed E-state index contributed by atoms with van der Waals surface area (Å²) in [6.07, 6.45) is 1.80. The molecule has 5 heteroatoms. The van der Waals surface area contributed by atoms with Gasteiger partial charge in [-0.15, -0.1) is 0 Å². The van der Waals surface area contributed by atoms with Crippen LogP contribution in [0.5, 0.6) is 0 Å². The number of nitrogens with one attached hydrogen (secondary N) is 1. The van der Waals surface area contributed by atoms with E-state index in [9.17, 15) is 14.0 Å². The number of hydrogen-bond acceptors (Lipinski definition) is 3. The van der Waals surface area contributed by atoms with Gasteiger partial charge in [-0.2, -0.15) is 0 Å². The molecule has 0 aliphatic carbocycles. The summed E-state index contributed by atoms with van der Waals surface area (Å²) in [6, 6.07) is 5.10. The lowest BCUT2D eigenvalue weighted by atomic mass is 10.1. The zero-order valence-corrected chi connectivity index (χ0v) is 10.5. The van der Waals surface area contributed by atoms with Crippen molar-refractivity contribution in [3.8, 4) is 0 Å². The summed E-state index contributed by atoms with van der Waals surface area (Å²) in [6.45, 7) is 2.52. The molecule has 100 valence electrons. The molecular formula is C14H14FNO3. The molecule has 0 spiro atoms. The number of amides is 1. The molecule has 1 amide bonds. The van der Waals surface area contributed by atoms with E-state index < -0.39 is 17.3 Å². The minimum absolute atomic E-state index is 0.0980. The molecule has 0 unspecified atom stereocenters. The van der Waals surface area contributed by atoms with Crippen LogP contribution in [0.2, 0.25) is 0 Å². The predicted octanol–water partition coefficient (Wildman–Crippen LogP) is 2.46. The van der Waals surface area contributed by atoms with E-state index in [0.717, 1.165) is 12.8 Å². The van der Waals surface area contributed by atoms with Gasteiger partial charge in [0.2, 0.25) is 0 Å². The molecule has 1 heterocycles. The maximum absolute atomic E-state index is 13.1. The lowest BCUT2D eigenvalue weighted by Crippen LogP contribution is -2.25. The molecule has 0 fully saturated rings. The molecule has 19 heavy (non-hydrogen) atoms. The molecule has 2 aromatic rings. The Kier molecular flexibility index (Phi) is 3.94. The Hall–Kier alpha value is -2.17. The van der Waals surface area contributed by atoms with Crippen LogP contribution in [0.15, 0.2) is 33.5 Å². The van der Waals surface area contributed by atoms with Crippen molar-refractivity contribution in [2.75, 3.05) is 6.54 Å². The maximum atomic E-state index is 13.1. The SMILES string of the molecule is CCCCNC(=O)c1cc2cc(F)ccc2c(=O)o1. The third kappa shape index (κ3) is 2.99. The van der Waals surface area contributed by atoms with Crippen molar-refractivity contribution in [1.82, 2.24) is 5.32 Å². The summed E-state index contributed by atoms with van der Waals surface area (Å²) >= 11 is 0. The quantitative estimate of drug-likeness (QED) is 0.862. The van der Waals surface area contributed by atoms with Gasteiger partial charge in [0.05, 0.1) is 5.39 Å². The second-order valence-electron chi connectivity index (χ2n) is 4.24. The van der Waals surface area contributed by atoms with Gasteiger partial charge in [0.25, 0.3) is 5.91 Å². The van der Waals surface area contributed by atoms with Crippen LogP contribution in [0.25, 0.3) is 10.8 Å². The Bertz CT molecular complexity index is 663. The minimum Gasteiger partial charge on any atom is -0.417 e. The van der Waals surface area contributed by atoms with Crippen molar-refractivity contribution in [1.29, 1.82) is 0 Å². The standard InChI is InChI=1S/C14H14FNO3/c1-2-3-6-16-13(17)12-8-9-7-10(15)4-5-11(9)14(18)19-12/h4-5,7-8H,2-3,6H2,1H3,(H,16,17). The number of fused-ring (bicyclic) bond motifs is 1. The molecule has 0 bridgehead atoms. The van der Waals surface area contributed by atoms with Crippen LogP contribution >= 0.6 is 0 Å². The Balaban J connectivity index is 2.34. The Morgan fingerprint density at radius 1 is 1.37 bits per heavy atom. The van der Waals surface area contributed by atoms with E-state index in [4.69, 9.17) is 4.42 Å². The summed E-state index contributed by atoms with van der Waals surface area (Å²) in [5.74, 6) is -1.02. The Labute approximate surface area is 109 Å². The van der Waals surface area contributed by atoms with Gasteiger partial charge < -0.3 is 9.73 Å². The zero-order chi connectivity index (χ0) is 13.8. The molecule has 0 radical (unpaired) electrons. The molecule has 1 aromatic heterocycles. The highest BCUT2D eigenvalue weighted by atomic mass is 19.1. The highest BCUT2D eigenvalue weighted by molar-refractivity contribution is 5.95. The van der Waals surface area contributed by atoms with Crippen molar-refractivity contribution in [3.05, 3.63) is 46.3 Å². The fourth-order valence-corrected chi connectivity index (χ4v) is 1.74. The zero-order valence-electron chi connectivity index (χ0n) is 10.5. The number of rotatable bonds is 4. The van der Waals surface area contributed by atoms with Crippen LogP contribution in [-0.2, 0) is 0 Å². The lowest BCUT2D eigenvalue weighted by molar-refractivity contribution is 0.0921. The molecule has 0 atom stereocenters. The molecule has 0 saturated heterocycles. The smallest absolute Gasteiger partial charge is 0.344 e. The number of hydrogen-bond donors (Lipinski definition) is 1. The fourth-order valence-electron chi connectivity index (χ4n) is 1.74. The first-order valence-electron chi connectivity index (χ1n) is 6.13. The van der Waals surface area contributed by atoms with Crippen molar-refractivity contribution >= 4 is 16.7 Å². The monoisotopic (exact) mass is 263 g/mol. The van der Waals surface area contributed by atoms with E-state index in [0.29, 0.717) is 11.9 Å². The van der Waals surface area contributed by atoms with E-state index >= 15 is 0 Å². The van der Waals surface area contributed by atoms with E-state index in [1.54, 1.807) is 0 Å². The van der Waals surface area contributed by atoms with Gasteiger partial charge in [-0.05, 0) is 36.1 Å². The average Bonchev–Trinajstić information content (AvgIpc) is 2.38. The van der Waals surface area contributed by atoms with Gasteiger partial charge in [-0.25, -0.2) is 9.18 Å². The van der Waals surface area contributed by atoms with Gasteiger partial charge >= 0.3 is 5.63 Å². The second-order valence-corrected chi connectivity index (χ2v) is 4.24. The van der Waals surface area contributed by atoms with Crippen LogP contribution in [-0.4, -0.2) is 12.5 Å². The van der Waals surface area contributed by atoms with Gasteiger partial charge in [0.1, 0.15) is 5.82 Å².